The molecule has 0 saturated heterocycles. The zero-order valence-electron chi connectivity index (χ0n) is 67.2. The fourth-order valence-electron chi connectivity index (χ4n) is 11.6. The molecule has 0 fully saturated rings. The Morgan fingerprint density at radius 3 is 0.465 bits per heavy atom. The average molecular weight is 2310 g/mol. The molecule has 5 rings (SSSR count). The van der Waals surface area contributed by atoms with Crippen LogP contribution in [0.4, 0.5) is 22.7 Å². The molecule has 0 spiro atoms. The molecule has 0 aliphatic carbocycles. The van der Waals surface area contributed by atoms with Crippen LogP contribution in [0.15, 0.2) is 103 Å². The first-order valence-electron chi connectivity index (χ1n) is 35.0. The predicted octanol–water partition coefficient (Wildman–Crippen LogP) is 7.42. The van der Waals surface area contributed by atoms with Gasteiger partial charge in [-0.25, -0.2) is 0 Å². The molecule has 0 aromatic heterocycles. The third kappa shape index (κ3) is 36.2. The molecule has 5 aromatic carbocycles. The van der Waals surface area contributed by atoms with Crippen LogP contribution < -0.4 is 74.5 Å². The van der Waals surface area contributed by atoms with E-state index >= 15 is 0 Å². The molecule has 0 unspecified atom stereocenters. The second-order valence-electron chi connectivity index (χ2n) is 31.9. The van der Waals surface area contributed by atoms with Gasteiger partial charge in [-0.05, 0) is 98.8 Å². The van der Waals surface area contributed by atoms with E-state index in [0.717, 1.165) is 44.5 Å². The maximum absolute atomic E-state index is 12.0. The molecule has 0 N–H and O–H groups in total. The van der Waals surface area contributed by atoms with Gasteiger partial charge in [0, 0.05) is 22.7 Å². The van der Waals surface area contributed by atoms with Crippen LogP contribution >= 0.6 is 0 Å². The van der Waals surface area contributed by atoms with Crippen LogP contribution in [0.2, 0.25) is 78.6 Å². The van der Waals surface area contributed by atoms with E-state index in [1.165, 1.54) is 48.2 Å². The molecule has 8 radical (unpaired) electrons. The van der Waals surface area contributed by atoms with Crippen LogP contribution in [-0.4, -0.2) is 174 Å². The van der Waals surface area contributed by atoms with E-state index in [2.05, 4.69) is 32.9 Å². The monoisotopic (exact) mass is 2310 g/mol. The number of benzene rings is 5. The third-order valence-electron chi connectivity index (χ3n) is 15.9. The van der Waals surface area contributed by atoms with E-state index in [4.69, 9.17) is 0 Å². The first-order chi connectivity index (χ1) is 43.8. The summed E-state index contributed by atoms with van der Waals surface area (Å²) in [6.45, 7) is 61.6. The molecular weight excluding hydrogens is 2190 g/mol. The number of aryl methyl sites for hydroxylation is 1. The van der Waals surface area contributed by atoms with E-state index in [1.807, 2.05) is 280 Å². The molecule has 28 heteroatoms. The summed E-state index contributed by atoms with van der Waals surface area (Å²) in [6.07, 6.45) is 5.54. The van der Waals surface area contributed by atoms with E-state index in [9.17, 15) is 57.5 Å². The molecule has 0 atom stereocenters. The topological polar surface area (TPSA) is 290 Å². The minimum atomic E-state index is -5.17. The fourth-order valence-corrected chi connectivity index (χ4v) is 30.6. The van der Waals surface area contributed by atoms with Crippen molar-refractivity contribution in [3.63, 3.8) is 0 Å². The van der Waals surface area contributed by atoms with Crippen LogP contribution in [0.3, 0.4) is 0 Å². The van der Waals surface area contributed by atoms with Gasteiger partial charge in [0.25, 0.3) is 0 Å². The number of hydrogen-bond donors (Lipinski definition) is 0. The van der Waals surface area contributed by atoms with Crippen LogP contribution in [0, 0.1) is 6.92 Å². The van der Waals surface area contributed by atoms with Crippen molar-refractivity contribution in [1.82, 2.24) is 0 Å². The molecule has 16 nitrogen and oxygen atoms in total. The summed E-state index contributed by atoms with van der Waals surface area (Å²) in [5.41, 5.74) is 11.3. The number of unbranched alkanes of at least 4 members (excludes halogenated alkanes) is 3. The molecule has 5 aromatic rings. The SMILES string of the molecule is CC(C)c1cccc(C(C)C)c1N([Si](C)(C)C)[Si]([O-])([O-])[O-].CC(C)c1cccc(C(C)C)c1N([Si](C)(C)C)[Si]([O-])([O-])[O-].CC(C)c1cccc(C(C)C)c1N([Si](C)(C)C)[Si]([O-])([O-])[O-].CC(C)c1cccc(C(C)C)c1N([Si](C)(C)C)[Si]([O-])([O-])[O-].CCCCCC.Cc1ccccc1.[Bi+3].[Bi+3].[Bi+3].[Bi+3]. The molecular formula is C73H126Bi4N4O12Si8. The smallest absolute Gasteiger partial charge is 0.866 e. The van der Waals surface area contributed by atoms with Crippen molar-refractivity contribution < 1.29 is 57.5 Å². The maximum atomic E-state index is 12.0. The molecule has 101 heavy (non-hydrogen) atoms. The summed E-state index contributed by atoms with van der Waals surface area (Å²) < 4.78 is 4.91. The van der Waals surface area contributed by atoms with Crippen molar-refractivity contribution in [2.45, 2.75) is 283 Å². The molecule has 0 aliphatic rings. The number of para-hydroxylation sites is 4. The quantitative estimate of drug-likeness (QED) is 0.0454. The van der Waals surface area contributed by atoms with Crippen LogP contribution in [0.5, 0.6) is 0 Å². The van der Waals surface area contributed by atoms with Gasteiger partial charge in [-0.3, -0.25) is 0 Å². The summed E-state index contributed by atoms with van der Waals surface area (Å²) >= 11 is 0. The fraction of sp³-hybridized carbons (Fsp3) is 0.589. The summed E-state index contributed by atoms with van der Waals surface area (Å²) in [7, 11) is -30.1. The molecule has 0 heterocycles. The van der Waals surface area contributed by atoms with Gasteiger partial charge in [0.15, 0.2) is 0 Å². The largest absolute Gasteiger partial charge is 3.00 e. The Kier molecular flexibility index (Phi) is 51.4. The van der Waals surface area contributed by atoms with Crippen LogP contribution in [0.25, 0.3) is 0 Å². The number of anilines is 4. The first kappa shape index (κ1) is 110. The van der Waals surface area contributed by atoms with Gasteiger partial charge in [0.2, 0.25) is 0 Å². The summed E-state index contributed by atoms with van der Waals surface area (Å²) in [5.74, 6) is 1.29. The van der Waals surface area contributed by atoms with Crippen molar-refractivity contribution in [3.8, 4) is 0 Å². The van der Waals surface area contributed by atoms with Crippen LogP contribution in [-0.2, 0) is 0 Å². The normalized spacial score (nSPS) is 12.1. The van der Waals surface area contributed by atoms with E-state index in [0.29, 0.717) is 22.7 Å². The second-order valence-corrected chi connectivity index (χ2v) is 58.8. The molecule has 0 bridgehead atoms. The Morgan fingerprint density at radius 2 is 0.386 bits per heavy atom. The zero-order valence-corrected chi connectivity index (χ0v) is 89.1. The van der Waals surface area contributed by atoms with Gasteiger partial charge >= 0.3 is 105 Å². The van der Waals surface area contributed by atoms with Crippen molar-refractivity contribution in [3.05, 3.63) is 153 Å². The summed E-state index contributed by atoms with van der Waals surface area (Å²) in [4.78, 5) is 144. The minimum Gasteiger partial charge on any atom is -0.866 e. The summed E-state index contributed by atoms with van der Waals surface area (Å²) in [6, 6.07) is 33.5. The Hall–Kier alpha value is 0.0875. The Morgan fingerprint density at radius 1 is 0.248 bits per heavy atom. The van der Waals surface area contributed by atoms with Crippen LogP contribution in [0.1, 0.15) is 248 Å². The Balaban J connectivity index is -0.000000377. The number of hydrogen-bond acceptors (Lipinski definition) is 16. The van der Waals surface area contributed by atoms with E-state index in [-0.39, 0.29) is 152 Å². The minimum absolute atomic E-state index is 0. The van der Waals surface area contributed by atoms with Crippen molar-refractivity contribution in [1.29, 1.82) is 0 Å². The predicted molar refractivity (Wildman–Crippen MR) is 429 cm³/mol. The first-order valence-corrected chi connectivity index (χ1v) is 55.5. The van der Waals surface area contributed by atoms with Gasteiger partial charge in [0.05, 0.1) is 0 Å². The average Bonchev–Trinajstić information content (AvgIpc) is 0.789. The Bertz CT molecular complexity index is 2580. The van der Waals surface area contributed by atoms with Gasteiger partial charge in [-0.2, -0.15) is 35.9 Å². The van der Waals surface area contributed by atoms with Gasteiger partial charge in [0.1, 0.15) is 32.9 Å². The third-order valence-corrected chi connectivity index (χ3v) is 36.6. The molecule has 0 saturated carbocycles. The molecule has 0 aliphatic heterocycles. The van der Waals surface area contributed by atoms with E-state index < -0.39 is 68.8 Å². The van der Waals surface area contributed by atoms with Gasteiger partial charge in [-0.1, -0.05) is 338 Å². The van der Waals surface area contributed by atoms with Crippen molar-refractivity contribution >= 4 is 196 Å². The van der Waals surface area contributed by atoms with Gasteiger partial charge < -0.3 is 74.5 Å². The van der Waals surface area contributed by atoms with Gasteiger partial charge in [-0.15, -0.1) is 0 Å². The van der Waals surface area contributed by atoms with Crippen molar-refractivity contribution in [2.75, 3.05) is 16.9 Å². The van der Waals surface area contributed by atoms with Crippen molar-refractivity contribution in [2.24, 2.45) is 0 Å². The molecule has 562 valence electrons. The maximum Gasteiger partial charge on any atom is 3.00 e. The summed E-state index contributed by atoms with van der Waals surface area (Å²) in [5, 5.41) is 0. The standard InChI is InChI=1S/4C15H26NO3Si2.C7H8.C6H14.4Bi/c4*1-11(2)13-9-8-10-14(12(3)4)15(13)16(20(5,6)7)21(17,18)19;1-7-5-3-2-4-6-7;1-3-5-6-4-2;;;;/h4*8-12H,1-7H3;2-6H,1H3;3-6H2,1-2H3;;;;/q4*-3;;;4*+3. The number of nitrogens with zero attached hydrogens (tertiary/aromatic N) is 4. The van der Waals surface area contributed by atoms with E-state index in [1.54, 1.807) is 0 Å². The zero-order chi connectivity index (χ0) is 76.3. The molecule has 0 amide bonds. The second kappa shape index (κ2) is 47.3. The Labute approximate surface area is 699 Å². The number of rotatable bonds is 23.